The summed E-state index contributed by atoms with van der Waals surface area (Å²) in [5.74, 6) is -3.26. The van der Waals surface area contributed by atoms with E-state index in [9.17, 15) is 31.2 Å². The Bertz CT molecular complexity index is 1430. The molecule has 1 aliphatic heterocycles. The number of nitrogens with zero attached hydrogens (tertiary/aromatic N) is 2. The number of hydrogen-bond donors (Lipinski definition) is 2. The molecule has 1 unspecified atom stereocenters. The van der Waals surface area contributed by atoms with Gasteiger partial charge in [0.2, 0.25) is 15.9 Å². The van der Waals surface area contributed by atoms with Crippen LogP contribution in [-0.2, 0) is 14.8 Å². The van der Waals surface area contributed by atoms with Crippen LogP contribution >= 0.6 is 0 Å². The molecule has 1 atom stereocenters. The number of amides is 2. The van der Waals surface area contributed by atoms with E-state index in [0.29, 0.717) is 0 Å². The van der Waals surface area contributed by atoms with Gasteiger partial charge in [0.05, 0.1) is 24.0 Å². The van der Waals surface area contributed by atoms with Crippen LogP contribution < -0.4 is 15.4 Å². The van der Waals surface area contributed by atoms with Crippen LogP contribution in [0.15, 0.2) is 66.7 Å². The van der Waals surface area contributed by atoms with Crippen molar-refractivity contribution in [3.05, 3.63) is 101 Å². The molecule has 1 fully saturated rings. The van der Waals surface area contributed by atoms with Crippen LogP contribution in [0.2, 0.25) is 0 Å². The highest BCUT2D eigenvalue weighted by Crippen LogP contribution is 2.36. The lowest BCUT2D eigenvalue weighted by Gasteiger charge is -2.48. The topological polar surface area (TPSA) is 113 Å². The van der Waals surface area contributed by atoms with Crippen molar-refractivity contribution in [1.82, 2.24) is 10.2 Å². The summed E-state index contributed by atoms with van der Waals surface area (Å²) in [7, 11) is -3.93. The number of hydrogen-bond acceptors (Lipinski definition) is 5. The lowest BCUT2D eigenvalue weighted by Crippen LogP contribution is -2.61. The van der Waals surface area contributed by atoms with Crippen LogP contribution in [0.3, 0.4) is 0 Å². The van der Waals surface area contributed by atoms with Crippen molar-refractivity contribution in [2.24, 2.45) is 5.73 Å². The molecule has 0 bridgehead atoms. The normalized spacial score (nSPS) is 15.0. The standard InChI is InChI=1S/C27H27F3N4O4S/c1-16(26(31)35)32-27(36)19-11-22(30)13-23(12-19)34(39(2,37)38)24-14-33(15-24)25(17-3-7-20(28)8-4-17)18-5-9-21(29)10-6-18/h3-13,16,24-25H,14-15H2,1-2H3,(H2,31,35)(H,32,36). The summed E-state index contributed by atoms with van der Waals surface area (Å²) in [6.07, 6.45) is 0.979. The van der Waals surface area contributed by atoms with Gasteiger partial charge in [0, 0.05) is 18.7 Å². The molecule has 0 radical (unpaired) electrons. The number of carbonyl (C=O) groups excluding carboxylic acids is 2. The highest BCUT2D eigenvalue weighted by Gasteiger charge is 2.41. The summed E-state index contributed by atoms with van der Waals surface area (Å²) in [5, 5.41) is 2.34. The van der Waals surface area contributed by atoms with Gasteiger partial charge in [-0.3, -0.25) is 18.8 Å². The second kappa shape index (κ2) is 11.1. The highest BCUT2D eigenvalue weighted by atomic mass is 32.2. The molecule has 0 aliphatic carbocycles. The fraction of sp³-hybridized carbons (Fsp3) is 0.259. The van der Waals surface area contributed by atoms with Gasteiger partial charge in [-0.15, -0.1) is 0 Å². The summed E-state index contributed by atoms with van der Waals surface area (Å²) >= 11 is 0. The zero-order chi connectivity index (χ0) is 28.5. The van der Waals surface area contributed by atoms with Gasteiger partial charge in [0.1, 0.15) is 23.5 Å². The number of benzene rings is 3. The summed E-state index contributed by atoms with van der Waals surface area (Å²) < 4.78 is 68.5. The first kappa shape index (κ1) is 28.1. The van der Waals surface area contributed by atoms with Gasteiger partial charge in [0.25, 0.3) is 5.91 Å². The summed E-state index contributed by atoms with van der Waals surface area (Å²) in [6.45, 7) is 1.79. The maximum absolute atomic E-state index is 14.6. The molecule has 0 spiro atoms. The minimum absolute atomic E-state index is 0.0563. The summed E-state index contributed by atoms with van der Waals surface area (Å²) in [5.41, 5.74) is 6.38. The smallest absolute Gasteiger partial charge is 0.252 e. The van der Waals surface area contributed by atoms with Crippen molar-refractivity contribution in [2.75, 3.05) is 23.7 Å². The van der Waals surface area contributed by atoms with E-state index in [0.717, 1.165) is 33.8 Å². The van der Waals surface area contributed by atoms with E-state index >= 15 is 0 Å². The molecule has 12 heteroatoms. The number of halogens is 3. The summed E-state index contributed by atoms with van der Waals surface area (Å²) in [4.78, 5) is 25.8. The maximum Gasteiger partial charge on any atom is 0.252 e. The first-order valence-electron chi connectivity index (χ1n) is 12.0. The van der Waals surface area contributed by atoms with Gasteiger partial charge < -0.3 is 11.1 Å². The average molecular weight is 561 g/mol. The number of sulfonamides is 1. The van der Waals surface area contributed by atoms with Crippen LogP contribution in [0.25, 0.3) is 0 Å². The Morgan fingerprint density at radius 3 is 1.90 bits per heavy atom. The number of carbonyl (C=O) groups is 2. The zero-order valence-electron chi connectivity index (χ0n) is 21.1. The number of anilines is 1. The number of nitrogens with one attached hydrogen (secondary N) is 1. The lowest BCUT2D eigenvalue weighted by molar-refractivity contribution is -0.119. The number of likely N-dealkylation sites (tertiary alicyclic amines) is 1. The Morgan fingerprint density at radius 2 is 1.44 bits per heavy atom. The number of nitrogens with two attached hydrogens (primary N) is 1. The fourth-order valence-electron chi connectivity index (χ4n) is 4.61. The highest BCUT2D eigenvalue weighted by molar-refractivity contribution is 7.92. The Kier molecular flexibility index (Phi) is 7.98. The molecule has 8 nitrogen and oxygen atoms in total. The van der Waals surface area contributed by atoms with E-state index in [1.54, 1.807) is 24.3 Å². The van der Waals surface area contributed by atoms with Gasteiger partial charge in [-0.1, -0.05) is 24.3 Å². The molecule has 39 heavy (non-hydrogen) atoms. The SMILES string of the molecule is CC(NC(=O)c1cc(F)cc(N(C2CN(C(c3ccc(F)cc3)c3ccc(F)cc3)C2)S(C)(=O)=O)c1)C(N)=O. The zero-order valence-corrected chi connectivity index (χ0v) is 22.0. The van der Waals surface area contributed by atoms with Gasteiger partial charge in [-0.05, 0) is 60.5 Å². The Hall–Kier alpha value is -3.90. The van der Waals surface area contributed by atoms with Gasteiger partial charge >= 0.3 is 0 Å². The molecule has 4 rings (SSSR count). The third-order valence-electron chi connectivity index (χ3n) is 6.49. The minimum atomic E-state index is -3.93. The molecular formula is C27H27F3N4O4S. The predicted molar refractivity (Wildman–Crippen MR) is 140 cm³/mol. The van der Waals surface area contributed by atoms with Crippen LogP contribution in [-0.4, -0.2) is 56.6 Å². The average Bonchev–Trinajstić information content (AvgIpc) is 2.83. The molecular weight excluding hydrogens is 533 g/mol. The molecule has 3 aromatic rings. The van der Waals surface area contributed by atoms with Gasteiger partial charge in [-0.25, -0.2) is 21.6 Å². The van der Waals surface area contributed by atoms with E-state index in [1.165, 1.54) is 37.3 Å². The number of primary amides is 1. The fourth-order valence-corrected chi connectivity index (χ4v) is 5.77. The first-order valence-corrected chi connectivity index (χ1v) is 13.8. The van der Waals surface area contributed by atoms with E-state index in [-0.39, 0.29) is 24.3 Å². The van der Waals surface area contributed by atoms with Crippen molar-refractivity contribution >= 4 is 27.5 Å². The van der Waals surface area contributed by atoms with Gasteiger partial charge in [-0.2, -0.15) is 0 Å². The van der Waals surface area contributed by atoms with E-state index in [4.69, 9.17) is 5.73 Å². The largest absolute Gasteiger partial charge is 0.368 e. The molecule has 0 aromatic heterocycles. The van der Waals surface area contributed by atoms with Crippen LogP contribution in [0.1, 0.15) is 34.5 Å². The van der Waals surface area contributed by atoms with Crippen molar-refractivity contribution in [3.63, 3.8) is 0 Å². The third-order valence-corrected chi connectivity index (χ3v) is 7.71. The second-order valence-corrected chi connectivity index (χ2v) is 11.3. The third kappa shape index (κ3) is 6.40. The van der Waals surface area contributed by atoms with E-state index in [1.807, 2.05) is 4.90 Å². The van der Waals surface area contributed by atoms with Crippen molar-refractivity contribution in [1.29, 1.82) is 0 Å². The minimum Gasteiger partial charge on any atom is -0.368 e. The van der Waals surface area contributed by atoms with Gasteiger partial charge in [0.15, 0.2) is 0 Å². The molecule has 206 valence electrons. The maximum atomic E-state index is 14.6. The molecule has 2 amide bonds. The monoisotopic (exact) mass is 560 g/mol. The lowest BCUT2D eigenvalue weighted by atomic mass is 9.93. The Morgan fingerprint density at radius 1 is 0.923 bits per heavy atom. The van der Waals surface area contributed by atoms with E-state index in [2.05, 4.69) is 5.32 Å². The molecule has 1 heterocycles. The summed E-state index contributed by atoms with van der Waals surface area (Å²) in [6, 6.07) is 12.8. The van der Waals surface area contributed by atoms with Crippen molar-refractivity contribution in [3.8, 4) is 0 Å². The van der Waals surface area contributed by atoms with Crippen molar-refractivity contribution in [2.45, 2.75) is 25.0 Å². The molecule has 0 saturated carbocycles. The van der Waals surface area contributed by atoms with Crippen LogP contribution in [0, 0.1) is 17.5 Å². The van der Waals surface area contributed by atoms with Crippen LogP contribution in [0.4, 0.5) is 18.9 Å². The Balaban J connectivity index is 1.63. The van der Waals surface area contributed by atoms with Crippen LogP contribution in [0.5, 0.6) is 0 Å². The quantitative estimate of drug-likeness (QED) is 0.418. The Labute approximate surface area is 224 Å². The van der Waals surface area contributed by atoms with E-state index < -0.39 is 57.4 Å². The molecule has 1 saturated heterocycles. The van der Waals surface area contributed by atoms with Crippen molar-refractivity contribution < 1.29 is 31.2 Å². The second-order valence-electron chi connectivity index (χ2n) is 9.47. The first-order chi connectivity index (χ1) is 18.3. The predicted octanol–water partition coefficient (Wildman–Crippen LogP) is 2.95. The molecule has 1 aliphatic rings. The number of rotatable bonds is 9. The molecule has 3 N–H and O–H groups in total. The molecule has 3 aromatic carbocycles.